The molecule has 4 N–H and O–H groups in total. The minimum atomic E-state index is -1.36. The standard InChI is InChI=1S/C35H52O9/c1-17(2)22-13-24(38)35(8,44-22)29-20(36)14-32(5)23-11-9-18-19(34(23,7)25(39)15-33(29,32)6)10-12-26(31(18,3)4)43-30-28(41)27(40)21(37)16-42-30/h9,13,17,19-21,23,26-30,36-37,40-41H,10-12,14-16H2,1-8H3/t19-,20-,21-,23+,26-,27+,28-,29+,30+,32+,33-,34+,35-/m1/s1. The number of aliphatic hydroxyl groups is 4. The second-order valence-corrected chi connectivity index (χ2v) is 16.4. The molecule has 0 aromatic rings. The van der Waals surface area contributed by atoms with Crippen LogP contribution in [0.15, 0.2) is 23.5 Å². The molecule has 246 valence electrons. The number of allylic oxidation sites excluding steroid dienone is 2. The summed E-state index contributed by atoms with van der Waals surface area (Å²) >= 11 is 0. The van der Waals surface area contributed by atoms with E-state index in [1.165, 1.54) is 5.57 Å². The van der Waals surface area contributed by atoms with Gasteiger partial charge < -0.3 is 34.6 Å². The Labute approximate surface area is 261 Å². The predicted octanol–water partition coefficient (Wildman–Crippen LogP) is 3.46. The fourth-order valence-corrected chi connectivity index (χ4v) is 10.9. The van der Waals surface area contributed by atoms with Crippen LogP contribution in [0.4, 0.5) is 0 Å². The molecule has 0 aromatic heterocycles. The Morgan fingerprint density at radius 2 is 1.61 bits per heavy atom. The lowest BCUT2D eigenvalue weighted by atomic mass is 9.38. The Balaban J connectivity index is 1.31. The molecule has 1 saturated heterocycles. The highest BCUT2D eigenvalue weighted by Crippen LogP contribution is 2.74. The third-order valence-electron chi connectivity index (χ3n) is 13.6. The SMILES string of the molecule is CC(C)C1=CC(=O)[C@](C)([C@H]2[C@H](O)C[C@@]3(C)[C@@H]4CC=C5[C@@H](CC[C@@H](O[C@@H]6OC[C@@H](O)[C@H](O)[C@H]6O)C5(C)C)[C@]4(C)C(=O)C[C@]23C)O1. The largest absolute Gasteiger partial charge is 0.483 e. The van der Waals surface area contributed by atoms with Crippen LogP contribution in [0.25, 0.3) is 0 Å². The van der Waals surface area contributed by atoms with E-state index in [2.05, 4.69) is 40.7 Å². The van der Waals surface area contributed by atoms with Crippen molar-refractivity contribution in [3.63, 3.8) is 0 Å². The number of hydrogen-bond acceptors (Lipinski definition) is 9. The molecule has 0 bridgehead atoms. The van der Waals surface area contributed by atoms with Crippen LogP contribution in [0, 0.1) is 45.3 Å². The maximum atomic E-state index is 14.7. The van der Waals surface area contributed by atoms with Gasteiger partial charge in [0.15, 0.2) is 11.9 Å². The number of rotatable bonds is 4. The number of ketones is 2. The predicted molar refractivity (Wildman–Crippen MR) is 161 cm³/mol. The lowest BCUT2D eigenvalue weighted by Gasteiger charge is -2.65. The third kappa shape index (κ3) is 4.11. The molecular weight excluding hydrogens is 564 g/mol. The van der Waals surface area contributed by atoms with E-state index in [1.54, 1.807) is 13.0 Å². The molecule has 0 aromatic carbocycles. The van der Waals surface area contributed by atoms with E-state index in [-0.39, 0.29) is 48.5 Å². The van der Waals surface area contributed by atoms with Crippen LogP contribution in [0.5, 0.6) is 0 Å². The summed E-state index contributed by atoms with van der Waals surface area (Å²) in [7, 11) is 0. The zero-order chi connectivity index (χ0) is 32.4. The van der Waals surface area contributed by atoms with Gasteiger partial charge in [-0.1, -0.05) is 60.1 Å². The van der Waals surface area contributed by atoms with Gasteiger partial charge in [0, 0.05) is 35.2 Å². The van der Waals surface area contributed by atoms with Crippen LogP contribution in [0.2, 0.25) is 0 Å². The molecule has 44 heavy (non-hydrogen) atoms. The summed E-state index contributed by atoms with van der Waals surface area (Å²) in [5.41, 5.74) is -2.23. The summed E-state index contributed by atoms with van der Waals surface area (Å²) in [5, 5.41) is 42.4. The number of Topliss-reactive ketones (excluding diaryl/α,β-unsaturated/α-hetero) is 1. The van der Waals surface area contributed by atoms with Gasteiger partial charge in [0.25, 0.3) is 0 Å². The number of carbonyl (C=O) groups excluding carboxylic acids is 2. The first-order valence-corrected chi connectivity index (χ1v) is 16.5. The van der Waals surface area contributed by atoms with E-state index in [9.17, 15) is 30.0 Å². The third-order valence-corrected chi connectivity index (χ3v) is 13.6. The normalized spacial score (nSPS) is 51.7. The van der Waals surface area contributed by atoms with Gasteiger partial charge in [-0.05, 0) is 55.3 Å². The lowest BCUT2D eigenvalue weighted by Crippen LogP contribution is -2.65. The fraction of sp³-hybridized carbons (Fsp3) is 0.829. The average molecular weight is 617 g/mol. The number of hydrogen-bond donors (Lipinski definition) is 4. The van der Waals surface area contributed by atoms with Crippen molar-refractivity contribution < 1.29 is 44.2 Å². The molecule has 9 heteroatoms. The van der Waals surface area contributed by atoms with Gasteiger partial charge in [-0.15, -0.1) is 0 Å². The Morgan fingerprint density at radius 3 is 2.25 bits per heavy atom. The molecule has 6 rings (SSSR count). The highest BCUT2D eigenvalue weighted by Gasteiger charge is 2.75. The zero-order valence-corrected chi connectivity index (χ0v) is 27.5. The van der Waals surface area contributed by atoms with Gasteiger partial charge in [-0.25, -0.2) is 0 Å². The molecule has 9 nitrogen and oxygen atoms in total. The fourth-order valence-electron chi connectivity index (χ4n) is 10.9. The van der Waals surface area contributed by atoms with Crippen molar-refractivity contribution in [1.82, 2.24) is 0 Å². The Bertz CT molecular complexity index is 1290. The first kappa shape index (κ1) is 32.3. The summed E-state index contributed by atoms with van der Waals surface area (Å²) in [6, 6.07) is 0. The van der Waals surface area contributed by atoms with E-state index in [0.29, 0.717) is 31.4 Å². The molecule has 3 saturated carbocycles. The molecule has 13 atom stereocenters. The molecule has 6 aliphatic rings. The second-order valence-electron chi connectivity index (χ2n) is 16.4. The van der Waals surface area contributed by atoms with E-state index < -0.39 is 63.9 Å². The van der Waals surface area contributed by atoms with Crippen LogP contribution in [-0.4, -0.2) is 81.0 Å². The molecule has 0 unspecified atom stereocenters. The molecule has 2 aliphatic heterocycles. The van der Waals surface area contributed by atoms with Crippen molar-refractivity contribution in [2.45, 2.75) is 130 Å². The average Bonchev–Trinajstić information content (AvgIpc) is 3.34. The topological polar surface area (TPSA) is 143 Å². The van der Waals surface area contributed by atoms with Gasteiger partial charge in [0.1, 0.15) is 29.9 Å². The summed E-state index contributed by atoms with van der Waals surface area (Å²) in [5.74, 6) is 0.176. The molecule has 2 heterocycles. The molecular formula is C35H52O9. The van der Waals surface area contributed by atoms with Crippen molar-refractivity contribution in [3.8, 4) is 0 Å². The van der Waals surface area contributed by atoms with Gasteiger partial charge in [0.05, 0.1) is 18.8 Å². The minimum absolute atomic E-state index is 0.0139. The Hall–Kier alpha value is -1.62. The Kier molecular flexibility index (Phi) is 7.48. The minimum Gasteiger partial charge on any atom is -0.483 e. The summed E-state index contributed by atoms with van der Waals surface area (Å²) in [6.07, 6.45) is 0.633. The van der Waals surface area contributed by atoms with Crippen molar-refractivity contribution >= 4 is 11.6 Å². The quantitative estimate of drug-likeness (QED) is 0.349. The zero-order valence-electron chi connectivity index (χ0n) is 27.5. The van der Waals surface area contributed by atoms with Crippen molar-refractivity contribution in [2.24, 2.45) is 45.3 Å². The van der Waals surface area contributed by atoms with Crippen LogP contribution < -0.4 is 0 Å². The van der Waals surface area contributed by atoms with Crippen molar-refractivity contribution in [1.29, 1.82) is 0 Å². The highest BCUT2D eigenvalue weighted by atomic mass is 16.7. The van der Waals surface area contributed by atoms with Crippen LogP contribution in [-0.2, 0) is 23.8 Å². The van der Waals surface area contributed by atoms with Crippen molar-refractivity contribution in [2.75, 3.05) is 6.61 Å². The van der Waals surface area contributed by atoms with E-state index >= 15 is 0 Å². The number of ether oxygens (including phenoxy) is 3. The number of fused-ring (bicyclic) bond motifs is 5. The van der Waals surface area contributed by atoms with E-state index in [0.717, 1.165) is 0 Å². The van der Waals surface area contributed by atoms with E-state index in [4.69, 9.17) is 14.2 Å². The van der Waals surface area contributed by atoms with Gasteiger partial charge in [-0.3, -0.25) is 9.59 Å². The molecule has 0 amide bonds. The Morgan fingerprint density at radius 1 is 0.932 bits per heavy atom. The van der Waals surface area contributed by atoms with Crippen LogP contribution in [0.1, 0.15) is 87.5 Å². The second kappa shape index (κ2) is 10.2. The summed E-state index contributed by atoms with van der Waals surface area (Å²) in [4.78, 5) is 28.2. The van der Waals surface area contributed by atoms with Gasteiger partial charge >= 0.3 is 0 Å². The number of carbonyl (C=O) groups is 2. The summed E-state index contributed by atoms with van der Waals surface area (Å²) < 4.78 is 18.3. The number of aliphatic hydroxyl groups excluding tert-OH is 4. The first-order chi connectivity index (χ1) is 20.3. The van der Waals surface area contributed by atoms with Gasteiger partial charge in [-0.2, -0.15) is 0 Å². The van der Waals surface area contributed by atoms with Crippen LogP contribution >= 0.6 is 0 Å². The molecule has 0 spiro atoms. The van der Waals surface area contributed by atoms with Gasteiger partial charge in [0.2, 0.25) is 5.78 Å². The maximum absolute atomic E-state index is 14.7. The monoisotopic (exact) mass is 616 g/mol. The highest BCUT2D eigenvalue weighted by molar-refractivity contribution is 6.00. The maximum Gasteiger partial charge on any atom is 0.202 e. The van der Waals surface area contributed by atoms with E-state index in [1.807, 2.05) is 13.8 Å². The molecule has 0 radical (unpaired) electrons. The molecule has 4 fully saturated rings. The lowest BCUT2D eigenvalue weighted by molar-refractivity contribution is -0.293. The van der Waals surface area contributed by atoms with Crippen LogP contribution in [0.3, 0.4) is 0 Å². The smallest absolute Gasteiger partial charge is 0.202 e. The van der Waals surface area contributed by atoms with Crippen molar-refractivity contribution in [3.05, 3.63) is 23.5 Å². The molecule has 4 aliphatic carbocycles. The summed E-state index contributed by atoms with van der Waals surface area (Å²) in [6.45, 7) is 16.3. The first-order valence-electron chi connectivity index (χ1n) is 16.5.